The zero-order valence-corrected chi connectivity index (χ0v) is 14.7. The van der Waals surface area contributed by atoms with Gasteiger partial charge in [-0.15, -0.1) is 11.8 Å². The summed E-state index contributed by atoms with van der Waals surface area (Å²) in [6, 6.07) is 0. The Kier molecular flexibility index (Phi) is 4.70. The fraction of sp³-hybridized carbons (Fsp3) is 0.444. The maximum atomic E-state index is 12.7. The Balaban J connectivity index is 2.12. The predicted octanol–water partition coefficient (Wildman–Crippen LogP) is 2.17. The molecular formula is C18H21N5O2. The van der Waals surface area contributed by atoms with E-state index in [0.29, 0.717) is 54.0 Å². The quantitative estimate of drug-likeness (QED) is 0.847. The lowest BCUT2D eigenvalue weighted by molar-refractivity contribution is -0.114. The molecule has 0 spiro atoms. The first-order valence-corrected chi connectivity index (χ1v) is 8.41. The minimum atomic E-state index is -0.221. The van der Waals surface area contributed by atoms with Crippen LogP contribution in [-0.2, 0) is 17.9 Å². The summed E-state index contributed by atoms with van der Waals surface area (Å²) >= 11 is 0. The number of carbonyl (C=O) groups is 2. The van der Waals surface area contributed by atoms with Gasteiger partial charge in [0, 0.05) is 19.9 Å². The van der Waals surface area contributed by atoms with Gasteiger partial charge in [-0.2, -0.15) is 5.10 Å². The van der Waals surface area contributed by atoms with Gasteiger partial charge in [-0.1, -0.05) is 6.92 Å². The van der Waals surface area contributed by atoms with E-state index in [4.69, 9.17) is 0 Å². The van der Waals surface area contributed by atoms with Gasteiger partial charge in [-0.25, -0.2) is 9.67 Å². The summed E-state index contributed by atoms with van der Waals surface area (Å²) in [5.41, 5.74) is 2.37. The molecule has 3 rings (SSSR count). The zero-order chi connectivity index (χ0) is 18.0. The number of nitrogens with zero attached hydrogens (tertiary/aromatic N) is 4. The van der Waals surface area contributed by atoms with Gasteiger partial charge in [0.2, 0.25) is 5.91 Å². The molecule has 7 heteroatoms. The highest BCUT2D eigenvalue weighted by Crippen LogP contribution is 2.34. The highest BCUT2D eigenvalue weighted by atomic mass is 16.2. The molecule has 0 atom stereocenters. The first-order chi connectivity index (χ1) is 12.1. The minimum Gasteiger partial charge on any atom is -0.333 e. The molecule has 25 heavy (non-hydrogen) atoms. The third-order valence-electron chi connectivity index (χ3n) is 4.12. The molecule has 0 aliphatic carbocycles. The topological polar surface area (TPSA) is 80.1 Å². The average molecular weight is 339 g/mol. The van der Waals surface area contributed by atoms with Crippen molar-refractivity contribution < 1.29 is 9.59 Å². The lowest BCUT2D eigenvalue weighted by atomic mass is 10.1. The number of carbonyl (C=O) groups excluding carboxylic acids is 2. The van der Waals surface area contributed by atoms with E-state index in [-0.39, 0.29) is 11.8 Å². The number of hydrogen-bond donors (Lipinski definition) is 1. The summed E-state index contributed by atoms with van der Waals surface area (Å²) < 4.78 is 1.78. The Morgan fingerprint density at radius 2 is 2.20 bits per heavy atom. The maximum absolute atomic E-state index is 12.7. The van der Waals surface area contributed by atoms with E-state index in [2.05, 4.69) is 27.2 Å². The molecule has 0 fully saturated rings. The fourth-order valence-electron chi connectivity index (χ4n) is 3.10. The van der Waals surface area contributed by atoms with Crippen molar-refractivity contribution in [1.82, 2.24) is 19.7 Å². The molecule has 0 aromatic carbocycles. The smallest absolute Gasteiger partial charge is 0.258 e. The number of aryl methyl sites for hydroxylation is 1. The molecule has 0 bridgehead atoms. The number of pyridine rings is 1. The average Bonchev–Trinajstić information content (AvgIpc) is 3.10. The molecule has 0 radical (unpaired) electrons. The van der Waals surface area contributed by atoms with Gasteiger partial charge in [-0.3, -0.25) is 9.59 Å². The fourth-order valence-corrected chi connectivity index (χ4v) is 3.10. The number of nitrogens with one attached hydrogen (secondary N) is 1. The van der Waals surface area contributed by atoms with Crippen molar-refractivity contribution in [2.24, 2.45) is 0 Å². The Hall–Kier alpha value is -2.88. The van der Waals surface area contributed by atoms with Crippen LogP contribution in [0.4, 0.5) is 5.69 Å². The molecule has 1 N–H and O–H groups in total. The van der Waals surface area contributed by atoms with E-state index >= 15 is 0 Å². The van der Waals surface area contributed by atoms with Crippen LogP contribution in [0.1, 0.15) is 49.7 Å². The van der Waals surface area contributed by atoms with Crippen LogP contribution in [0.5, 0.6) is 0 Å². The van der Waals surface area contributed by atoms with E-state index in [9.17, 15) is 9.59 Å². The number of anilines is 1. The van der Waals surface area contributed by atoms with E-state index < -0.39 is 0 Å². The lowest BCUT2D eigenvalue weighted by Gasteiger charge is -2.13. The van der Waals surface area contributed by atoms with Crippen LogP contribution in [0.15, 0.2) is 6.20 Å². The van der Waals surface area contributed by atoms with Crippen molar-refractivity contribution in [2.45, 2.75) is 46.7 Å². The van der Waals surface area contributed by atoms with Crippen LogP contribution in [0.25, 0.3) is 11.0 Å². The summed E-state index contributed by atoms with van der Waals surface area (Å²) in [5, 5.41) is 7.87. The highest BCUT2D eigenvalue weighted by Gasteiger charge is 2.33. The predicted molar refractivity (Wildman–Crippen MR) is 94.9 cm³/mol. The lowest BCUT2D eigenvalue weighted by Crippen LogP contribution is -2.25. The second-order valence-electron chi connectivity index (χ2n) is 6.00. The highest BCUT2D eigenvalue weighted by molar-refractivity contribution is 6.12. The van der Waals surface area contributed by atoms with Crippen LogP contribution in [0, 0.1) is 11.8 Å². The van der Waals surface area contributed by atoms with Crippen molar-refractivity contribution in [1.29, 1.82) is 0 Å². The molecule has 1 aliphatic rings. The molecule has 7 nitrogen and oxygen atoms in total. The monoisotopic (exact) mass is 339 g/mol. The van der Waals surface area contributed by atoms with Gasteiger partial charge in [0.15, 0.2) is 5.65 Å². The van der Waals surface area contributed by atoms with Crippen LogP contribution in [0.3, 0.4) is 0 Å². The molecule has 3 heterocycles. The Labute approximate surface area is 146 Å². The largest absolute Gasteiger partial charge is 0.333 e. The van der Waals surface area contributed by atoms with Crippen LogP contribution in [0.2, 0.25) is 0 Å². The molecule has 2 amide bonds. The van der Waals surface area contributed by atoms with Crippen LogP contribution in [-0.4, -0.2) is 38.0 Å². The molecule has 0 saturated heterocycles. The number of amides is 2. The first kappa shape index (κ1) is 17.0. The normalized spacial score (nSPS) is 12.9. The van der Waals surface area contributed by atoms with Crippen molar-refractivity contribution >= 4 is 28.5 Å². The molecule has 130 valence electrons. The SMILES string of the molecule is CC#CCCn1ncc2c(NC(C)=O)c3c(nc21)CN(CCC)C3=O. The van der Waals surface area contributed by atoms with Crippen molar-refractivity contribution in [3.8, 4) is 11.8 Å². The molecule has 0 unspecified atom stereocenters. The summed E-state index contributed by atoms with van der Waals surface area (Å²) in [4.78, 5) is 30.9. The third kappa shape index (κ3) is 3.07. The zero-order valence-electron chi connectivity index (χ0n) is 14.7. The van der Waals surface area contributed by atoms with E-state index in [1.165, 1.54) is 6.92 Å². The van der Waals surface area contributed by atoms with Crippen molar-refractivity contribution in [3.63, 3.8) is 0 Å². The molecule has 2 aromatic rings. The van der Waals surface area contributed by atoms with E-state index in [0.717, 1.165) is 6.42 Å². The summed E-state index contributed by atoms with van der Waals surface area (Å²) in [6.45, 7) is 7.01. The number of rotatable bonds is 5. The Morgan fingerprint density at radius 1 is 1.40 bits per heavy atom. The summed E-state index contributed by atoms with van der Waals surface area (Å²) in [7, 11) is 0. The molecule has 1 aliphatic heterocycles. The molecule has 2 aromatic heterocycles. The van der Waals surface area contributed by atoms with Crippen molar-refractivity contribution in [3.05, 3.63) is 17.5 Å². The van der Waals surface area contributed by atoms with Crippen LogP contribution < -0.4 is 5.32 Å². The third-order valence-corrected chi connectivity index (χ3v) is 4.12. The first-order valence-electron chi connectivity index (χ1n) is 8.41. The van der Waals surface area contributed by atoms with Gasteiger partial charge in [0.05, 0.1) is 41.6 Å². The second kappa shape index (κ2) is 6.93. The van der Waals surface area contributed by atoms with Gasteiger partial charge in [-0.05, 0) is 13.3 Å². The van der Waals surface area contributed by atoms with E-state index in [1.807, 2.05) is 6.92 Å². The van der Waals surface area contributed by atoms with Gasteiger partial charge < -0.3 is 10.2 Å². The Bertz CT molecular complexity index is 904. The summed E-state index contributed by atoms with van der Waals surface area (Å²) in [5.74, 6) is 5.57. The Morgan fingerprint density at radius 3 is 2.88 bits per heavy atom. The minimum absolute atomic E-state index is 0.0837. The summed E-state index contributed by atoms with van der Waals surface area (Å²) in [6.07, 6.45) is 3.20. The van der Waals surface area contributed by atoms with Gasteiger partial charge in [0.1, 0.15) is 0 Å². The van der Waals surface area contributed by atoms with Crippen molar-refractivity contribution in [2.75, 3.05) is 11.9 Å². The van der Waals surface area contributed by atoms with E-state index in [1.54, 1.807) is 22.7 Å². The number of fused-ring (bicyclic) bond motifs is 2. The molecular weight excluding hydrogens is 318 g/mol. The number of hydrogen-bond acceptors (Lipinski definition) is 4. The second-order valence-corrected chi connectivity index (χ2v) is 6.00. The molecule has 0 saturated carbocycles. The van der Waals surface area contributed by atoms with Crippen LogP contribution >= 0.6 is 0 Å². The number of aromatic nitrogens is 3. The van der Waals surface area contributed by atoms with Gasteiger partial charge >= 0.3 is 0 Å². The maximum Gasteiger partial charge on any atom is 0.258 e. The van der Waals surface area contributed by atoms with Gasteiger partial charge in [0.25, 0.3) is 5.91 Å². The standard InChI is InChI=1S/C18H21N5O2/c1-4-6-7-9-23-17-13(10-19-23)16(20-12(3)24)15-14(21-17)11-22(8-5-2)18(15)25/h10H,5,7-9,11H2,1-3H3,(H,20,21,24).